The van der Waals surface area contributed by atoms with Crippen LogP contribution in [0.15, 0.2) is 53.4 Å². The Morgan fingerprint density at radius 2 is 1.77 bits per heavy atom. The van der Waals surface area contributed by atoms with Crippen molar-refractivity contribution < 1.29 is 22.7 Å². The van der Waals surface area contributed by atoms with Gasteiger partial charge < -0.3 is 10.1 Å². The fourth-order valence-corrected chi connectivity index (χ4v) is 4.16. The number of benzene rings is 2. The van der Waals surface area contributed by atoms with Crippen molar-refractivity contribution in [3.05, 3.63) is 65.2 Å². The highest BCUT2D eigenvalue weighted by Gasteiger charge is 2.22. The first kappa shape index (κ1) is 23.1. The first-order chi connectivity index (χ1) is 14.3. The van der Waals surface area contributed by atoms with E-state index in [2.05, 4.69) is 5.32 Å². The number of hydrogen-bond donors (Lipinski definition) is 1. The molecule has 2 rings (SSSR count). The molecule has 0 heterocycles. The summed E-state index contributed by atoms with van der Waals surface area (Å²) >= 11 is 0. The molecule has 9 heteroatoms. The van der Waals surface area contributed by atoms with Crippen LogP contribution in [-0.4, -0.2) is 44.2 Å². The van der Waals surface area contributed by atoms with E-state index in [1.165, 1.54) is 28.6 Å². The lowest BCUT2D eigenvalue weighted by Gasteiger charge is -2.18. The molecule has 30 heavy (non-hydrogen) atoms. The summed E-state index contributed by atoms with van der Waals surface area (Å²) in [6.07, 6.45) is 0. The Kier molecular flexibility index (Phi) is 8.09. The molecule has 0 saturated carbocycles. The lowest BCUT2D eigenvalue weighted by molar-refractivity contribution is -0.143. The van der Waals surface area contributed by atoms with Crippen molar-refractivity contribution in [2.45, 2.75) is 25.3 Å². The largest absolute Gasteiger partial charge is 0.460 e. The predicted octanol–water partition coefficient (Wildman–Crippen LogP) is 2.06. The molecule has 0 saturated heterocycles. The van der Waals surface area contributed by atoms with Gasteiger partial charge in [0.05, 0.1) is 16.5 Å². The zero-order valence-electron chi connectivity index (χ0n) is 16.8. The molecule has 2 aromatic rings. The van der Waals surface area contributed by atoms with Gasteiger partial charge in [-0.25, -0.2) is 8.42 Å². The van der Waals surface area contributed by atoms with Crippen molar-refractivity contribution >= 4 is 21.9 Å². The monoisotopic (exact) mass is 429 g/mol. The second-order valence-corrected chi connectivity index (χ2v) is 8.21. The second kappa shape index (κ2) is 10.5. The number of hydrogen-bond acceptors (Lipinski definition) is 6. The van der Waals surface area contributed by atoms with E-state index in [-0.39, 0.29) is 23.6 Å². The van der Waals surface area contributed by atoms with Crippen LogP contribution < -0.4 is 5.32 Å². The van der Waals surface area contributed by atoms with Gasteiger partial charge in [-0.15, -0.1) is 0 Å². The van der Waals surface area contributed by atoms with Gasteiger partial charge in [0.15, 0.2) is 0 Å². The highest BCUT2D eigenvalue weighted by Crippen LogP contribution is 2.17. The Balaban J connectivity index is 1.94. The maximum absolute atomic E-state index is 12.6. The van der Waals surface area contributed by atoms with Crippen LogP contribution in [0.1, 0.15) is 35.3 Å². The molecule has 0 fully saturated rings. The zero-order chi connectivity index (χ0) is 22.1. The number of carbonyl (C=O) groups is 2. The van der Waals surface area contributed by atoms with Gasteiger partial charge in [-0.1, -0.05) is 32.0 Å². The number of nitrogens with zero attached hydrogens (tertiary/aromatic N) is 2. The standard InChI is InChI=1S/C21H23N3O5S/c1-3-24(4-2)30(27,28)19-7-5-6-18(12-19)21(26)23-14-20(25)29-15-17-10-8-16(13-22)9-11-17/h5-12H,3-4,14-15H2,1-2H3,(H,23,26). The number of carbonyl (C=O) groups excluding carboxylic acids is 2. The summed E-state index contributed by atoms with van der Waals surface area (Å²) < 4.78 is 31.6. The van der Waals surface area contributed by atoms with E-state index in [4.69, 9.17) is 10.00 Å². The van der Waals surface area contributed by atoms with Gasteiger partial charge in [-0.05, 0) is 35.9 Å². The van der Waals surface area contributed by atoms with Crippen LogP contribution in [0.3, 0.4) is 0 Å². The number of esters is 1. The van der Waals surface area contributed by atoms with Crippen LogP contribution in [0.5, 0.6) is 0 Å². The summed E-state index contributed by atoms with van der Waals surface area (Å²) in [6.45, 7) is 3.77. The van der Waals surface area contributed by atoms with Gasteiger partial charge in [0.25, 0.3) is 5.91 Å². The molecule has 0 bridgehead atoms. The number of nitriles is 1. The van der Waals surface area contributed by atoms with Crippen molar-refractivity contribution in [1.82, 2.24) is 9.62 Å². The van der Waals surface area contributed by atoms with Crippen molar-refractivity contribution in [3.8, 4) is 6.07 Å². The molecular formula is C21H23N3O5S. The Hall–Kier alpha value is -3.22. The molecule has 0 radical (unpaired) electrons. The summed E-state index contributed by atoms with van der Waals surface area (Å²) in [6, 6.07) is 14.2. The van der Waals surface area contributed by atoms with Crippen molar-refractivity contribution in [2.24, 2.45) is 0 Å². The smallest absolute Gasteiger partial charge is 0.325 e. The summed E-state index contributed by atoms with van der Waals surface area (Å²) in [5.41, 5.74) is 1.34. The molecule has 0 aliphatic heterocycles. The third-order valence-corrected chi connectivity index (χ3v) is 6.36. The van der Waals surface area contributed by atoms with Crippen molar-refractivity contribution in [2.75, 3.05) is 19.6 Å². The quantitative estimate of drug-likeness (QED) is 0.610. The minimum Gasteiger partial charge on any atom is -0.460 e. The van der Waals surface area contributed by atoms with Gasteiger partial charge >= 0.3 is 5.97 Å². The summed E-state index contributed by atoms with van der Waals surface area (Å²) in [7, 11) is -3.69. The number of rotatable bonds is 9. The molecule has 0 aliphatic rings. The van der Waals surface area contributed by atoms with Crippen LogP contribution >= 0.6 is 0 Å². The number of sulfonamides is 1. The fourth-order valence-electron chi connectivity index (χ4n) is 2.66. The molecule has 1 amide bonds. The molecule has 1 N–H and O–H groups in total. The van der Waals surface area contributed by atoms with Crippen LogP contribution in [-0.2, 0) is 26.2 Å². The van der Waals surface area contributed by atoms with Crippen LogP contribution in [0.2, 0.25) is 0 Å². The molecule has 158 valence electrons. The van der Waals surface area contributed by atoms with E-state index >= 15 is 0 Å². The van der Waals surface area contributed by atoms with E-state index in [0.717, 1.165) is 0 Å². The van der Waals surface area contributed by atoms with E-state index in [9.17, 15) is 18.0 Å². The third-order valence-electron chi connectivity index (χ3n) is 4.32. The van der Waals surface area contributed by atoms with Crippen LogP contribution in [0.25, 0.3) is 0 Å². The molecule has 8 nitrogen and oxygen atoms in total. The first-order valence-corrected chi connectivity index (χ1v) is 10.8. The van der Waals surface area contributed by atoms with E-state index in [1.807, 2.05) is 6.07 Å². The lowest BCUT2D eigenvalue weighted by atomic mass is 10.2. The van der Waals surface area contributed by atoms with Gasteiger partial charge in [0.2, 0.25) is 10.0 Å². The normalized spacial score (nSPS) is 11.0. The van der Waals surface area contributed by atoms with Crippen molar-refractivity contribution in [1.29, 1.82) is 5.26 Å². The topological polar surface area (TPSA) is 117 Å². The molecule has 0 aromatic heterocycles. The molecular weight excluding hydrogens is 406 g/mol. The predicted molar refractivity (Wildman–Crippen MR) is 110 cm³/mol. The van der Waals surface area contributed by atoms with Gasteiger partial charge in [0, 0.05) is 18.7 Å². The molecule has 0 unspecified atom stereocenters. The van der Waals surface area contributed by atoms with Gasteiger partial charge in [-0.2, -0.15) is 9.57 Å². The maximum atomic E-state index is 12.6. The zero-order valence-corrected chi connectivity index (χ0v) is 17.6. The number of amides is 1. The Morgan fingerprint density at radius 1 is 1.10 bits per heavy atom. The average Bonchev–Trinajstić information content (AvgIpc) is 2.77. The Labute approximate surface area is 176 Å². The van der Waals surface area contributed by atoms with E-state index in [0.29, 0.717) is 24.2 Å². The fraction of sp³-hybridized carbons (Fsp3) is 0.286. The highest BCUT2D eigenvalue weighted by molar-refractivity contribution is 7.89. The van der Waals surface area contributed by atoms with Gasteiger partial charge in [-0.3, -0.25) is 9.59 Å². The summed E-state index contributed by atoms with van der Waals surface area (Å²) in [5.74, 6) is -1.22. The molecule has 0 spiro atoms. The van der Waals surface area contributed by atoms with E-state index < -0.39 is 21.9 Å². The summed E-state index contributed by atoms with van der Waals surface area (Å²) in [5, 5.41) is 11.2. The van der Waals surface area contributed by atoms with Crippen LogP contribution in [0.4, 0.5) is 0 Å². The number of nitrogens with one attached hydrogen (secondary N) is 1. The Bertz CT molecular complexity index is 1040. The lowest BCUT2D eigenvalue weighted by Crippen LogP contribution is -2.32. The highest BCUT2D eigenvalue weighted by atomic mass is 32.2. The molecule has 0 atom stereocenters. The first-order valence-electron chi connectivity index (χ1n) is 9.34. The number of ether oxygens (including phenoxy) is 1. The summed E-state index contributed by atoms with van der Waals surface area (Å²) in [4.78, 5) is 24.2. The third kappa shape index (κ3) is 5.89. The van der Waals surface area contributed by atoms with Crippen LogP contribution in [0, 0.1) is 11.3 Å². The van der Waals surface area contributed by atoms with Gasteiger partial charge in [0.1, 0.15) is 13.2 Å². The molecule has 2 aromatic carbocycles. The minimum atomic E-state index is -3.69. The minimum absolute atomic E-state index is 0.0119. The average molecular weight is 429 g/mol. The maximum Gasteiger partial charge on any atom is 0.325 e. The molecule has 0 aliphatic carbocycles. The Morgan fingerprint density at radius 3 is 2.37 bits per heavy atom. The SMILES string of the molecule is CCN(CC)S(=O)(=O)c1cccc(C(=O)NCC(=O)OCc2ccc(C#N)cc2)c1. The van der Waals surface area contributed by atoms with E-state index in [1.54, 1.807) is 38.1 Å². The second-order valence-electron chi connectivity index (χ2n) is 6.27. The van der Waals surface area contributed by atoms with Crippen molar-refractivity contribution in [3.63, 3.8) is 0 Å².